The third-order valence-electron chi connectivity index (χ3n) is 2.04. The van der Waals surface area contributed by atoms with Crippen LogP contribution in [0, 0.1) is 24.4 Å². The molecule has 16 heavy (non-hydrogen) atoms. The summed E-state index contributed by atoms with van der Waals surface area (Å²) in [6, 6.07) is 3.39. The van der Waals surface area contributed by atoms with E-state index in [0.29, 0.717) is 5.69 Å². The highest BCUT2D eigenvalue weighted by Gasteiger charge is 2.12. The third-order valence-corrected chi connectivity index (χ3v) is 2.04. The van der Waals surface area contributed by atoms with Crippen LogP contribution in [0.1, 0.15) is 5.69 Å². The van der Waals surface area contributed by atoms with Crippen molar-refractivity contribution in [2.75, 3.05) is 0 Å². The molecule has 82 valence electrons. The number of hydrogen-bond acceptors (Lipinski definition) is 2. The van der Waals surface area contributed by atoms with Gasteiger partial charge in [0.05, 0.1) is 0 Å². The average molecular weight is 224 g/mol. The van der Waals surface area contributed by atoms with Crippen molar-refractivity contribution in [3.63, 3.8) is 0 Å². The van der Waals surface area contributed by atoms with Gasteiger partial charge in [-0.15, -0.1) is 0 Å². The van der Waals surface area contributed by atoms with Crippen LogP contribution in [-0.4, -0.2) is 9.97 Å². The largest absolute Gasteiger partial charge is 0.237 e. The van der Waals surface area contributed by atoms with Gasteiger partial charge < -0.3 is 0 Å². The molecular formula is C11H7F3N2. The van der Waals surface area contributed by atoms with Gasteiger partial charge in [-0.2, -0.15) is 0 Å². The lowest BCUT2D eigenvalue weighted by Gasteiger charge is -2.02. The Bertz CT molecular complexity index is 517. The standard InChI is InChI=1S/C11H7F3N2/c1-6-2-3-15-11(16-6)7-4-8(12)10(14)9(13)5-7/h2-5H,1H3. The van der Waals surface area contributed by atoms with E-state index in [9.17, 15) is 13.2 Å². The van der Waals surface area contributed by atoms with E-state index in [1.54, 1.807) is 13.0 Å². The predicted molar refractivity (Wildman–Crippen MR) is 52.1 cm³/mol. The zero-order valence-corrected chi connectivity index (χ0v) is 8.34. The van der Waals surface area contributed by atoms with Crippen molar-refractivity contribution in [2.24, 2.45) is 0 Å². The quantitative estimate of drug-likeness (QED) is 0.696. The second kappa shape index (κ2) is 3.92. The molecule has 5 heteroatoms. The highest BCUT2D eigenvalue weighted by atomic mass is 19.2. The summed E-state index contributed by atoms with van der Waals surface area (Å²) < 4.78 is 38.6. The maximum absolute atomic E-state index is 13.0. The number of benzene rings is 1. The van der Waals surface area contributed by atoms with E-state index >= 15 is 0 Å². The highest BCUT2D eigenvalue weighted by molar-refractivity contribution is 5.55. The van der Waals surface area contributed by atoms with E-state index in [1.165, 1.54) is 6.20 Å². The van der Waals surface area contributed by atoms with Crippen LogP contribution >= 0.6 is 0 Å². The Morgan fingerprint density at radius 2 is 1.69 bits per heavy atom. The topological polar surface area (TPSA) is 25.8 Å². The van der Waals surface area contributed by atoms with Gasteiger partial charge in [-0.3, -0.25) is 0 Å². The normalized spacial score (nSPS) is 10.5. The summed E-state index contributed by atoms with van der Waals surface area (Å²) in [5.74, 6) is -3.82. The van der Waals surface area contributed by atoms with Gasteiger partial charge in [-0.05, 0) is 25.1 Å². The Morgan fingerprint density at radius 3 is 2.25 bits per heavy atom. The fourth-order valence-electron chi connectivity index (χ4n) is 1.27. The first kappa shape index (κ1) is 10.6. The summed E-state index contributed by atoms with van der Waals surface area (Å²) >= 11 is 0. The van der Waals surface area contributed by atoms with Gasteiger partial charge in [-0.1, -0.05) is 0 Å². The first-order valence-corrected chi connectivity index (χ1v) is 4.52. The van der Waals surface area contributed by atoms with Crippen molar-refractivity contribution >= 4 is 0 Å². The van der Waals surface area contributed by atoms with Gasteiger partial charge in [0.25, 0.3) is 0 Å². The number of aromatic nitrogens is 2. The summed E-state index contributed by atoms with van der Waals surface area (Å²) in [5.41, 5.74) is 0.773. The Labute approximate surface area is 89.8 Å². The molecule has 0 aliphatic heterocycles. The van der Waals surface area contributed by atoms with Crippen LogP contribution in [0.25, 0.3) is 11.4 Å². The lowest BCUT2D eigenvalue weighted by molar-refractivity contribution is 0.447. The maximum Gasteiger partial charge on any atom is 0.194 e. The molecule has 2 nitrogen and oxygen atoms in total. The van der Waals surface area contributed by atoms with Crippen molar-refractivity contribution in [2.45, 2.75) is 6.92 Å². The Kier molecular flexibility index (Phi) is 2.60. The van der Waals surface area contributed by atoms with E-state index in [1.807, 2.05) is 0 Å². The number of halogens is 3. The molecule has 1 aromatic heterocycles. The van der Waals surface area contributed by atoms with Crippen LogP contribution in [0.5, 0.6) is 0 Å². The zero-order valence-electron chi connectivity index (χ0n) is 8.34. The first-order chi connectivity index (χ1) is 7.58. The molecule has 0 atom stereocenters. The number of nitrogens with zero attached hydrogens (tertiary/aromatic N) is 2. The van der Waals surface area contributed by atoms with Crippen LogP contribution in [0.3, 0.4) is 0 Å². The molecule has 0 amide bonds. The van der Waals surface area contributed by atoms with Crippen LogP contribution in [0.15, 0.2) is 24.4 Å². The summed E-state index contributed by atoms with van der Waals surface area (Å²) in [5, 5.41) is 0. The molecular weight excluding hydrogens is 217 g/mol. The molecule has 0 radical (unpaired) electrons. The summed E-state index contributed by atoms with van der Waals surface area (Å²) in [7, 11) is 0. The highest BCUT2D eigenvalue weighted by Crippen LogP contribution is 2.20. The second-order valence-electron chi connectivity index (χ2n) is 3.28. The third kappa shape index (κ3) is 1.88. The van der Waals surface area contributed by atoms with Crippen molar-refractivity contribution in [1.29, 1.82) is 0 Å². The molecule has 0 N–H and O–H groups in total. The Hall–Kier alpha value is -1.91. The van der Waals surface area contributed by atoms with Crippen LogP contribution in [0.2, 0.25) is 0 Å². The van der Waals surface area contributed by atoms with Crippen molar-refractivity contribution < 1.29 is 13.2 Å². The van der Waals surface area contributed by atoms with E-state index in [-0.39, 0.29) is 11.4 Å². The van der Waals surface area contributed by atoms with Gasteiger partial charge in [0.1, 0.15) is 0 Å². The fraction of sp³-hybridized carbons (Fsp3) is 0.0909. The fourth-order valence-corrected chi connectivity index (χ4v) is 1.27. The molecule has 1 aromatic carbocycles. The minimum absolute atomic E-state index is 0.111. The predicted octanol–water partition coefficient (Wildman–Crippen LogP) is 2.87. The minimum atomic E-state index is -1.49. The summed E-state index contributed by atoms with van der Waals surface area (Å²) in [6.45, 7) is 1.72. The van der Waals surface area contributed by atoms with Crippen LogP contribution < -0.4 is 0 Å². The molecule has 0 unspecified atom stereocenters. The first-order valence-electron chi connectivity index (χ1n) is 4.52. The van der Waals surface area contributed by atoms with Crippen LogP contribution in [-0.2, 0) is 0 Å². The Morgan fingerprint density at radius 1 is 1.06 bits per heavy atom. The lowest BCUT2D eigenvalue weighted by atomic mass is 10.2. The van der Waals surface area contributed by atoms with Gasteiger partial charge in [0, 0.05) is 17.5 Å². The van der Waals surface area contributed by atoms with Crippen LogP contribution in [0.4, 0.5) is 13.2 Å². The molecule has 0 aliphatic rings. The van der Waals surface area contributed by atoms with Gasteiger partial charge in [-0.25, -0.2) is 23.1 Å². The number of rotatable bonds is 1. The average Bonchev–Trinajstić information content (AvgIpc) is 2.25. The molecule has 0 bridgehead atoms. The monoisotopic (exact) mass is 224 g/mol. The zero-order chi connectivity index (χ0) is 11.7. The minimum Gasteiger partial charge on any atom is -0.237 e. The van der Waals surface area contributed by atoms with Crippen molar-refractivity contribution in [1.82, 2.24) is 9.97 Å². The summed E-state index contributed by atoms with van der Waals surface area (Å²) in [4.78, 5) is 7.84. The lowest BCUT2D eigenvalue weighted by Crippen LogP contribution is -1.95. The number of hydrogen-bond donors (Lipinski definition) is 0. The molecule has 0 fully saturated rings. The number of aryl methyl sites for hydroxylation is 1. The molecule has 0 aliphatic carbocycles. The molecule has 1 heterocycles. The maximum atomic E-state index is 13.0. The Balaban J connectivity index is 2.57. The van der Waals surface area contributed by atoms with E-state index in [0.717, 1.165) is 12.1 Å². The van der Waals surface area contributed by atoms with Crippen molar-refractivity contribution in [3.8, 4) is 11.4 Å². The molecule has 0 saturated heterocycles. The van der Waals surface area contributed by atoms with E-state index in [4.69, 9.17) is 0 Å². The molecule has 2 rings (SSSR count). The summed E-state index contributed by atoms with van der Waals surface area (Å²) in [6.07, 6.45) is 1.47. The van der Waals surface area contributed by atoms with Gasteiger partial charge in [0.2, 0.25) is 0 Å². The SMILES string of the molecule is Cc1ccnc(-c2cc(F)c(F)c(F)c2)n1. The molecule has 0 spiro atoms. The van der Waals surface area contributed by atoms with E-state index < -0.39 is 17.5 Å². The van der Waals surface area contributed by atoms with Gasteiger partial charge in [0.15, 0.2) is 23.3 Å². The van der Waals surface area contributed by atoms with Gasteiger partial charge >= 0.3 is 0 Å². The second-order valence-corrected chi connectivity index (χ2v) is 3.28. The molecule has 0 saturated carbocycles. The van der Waals surface area contributed by atoms with Crippen molar-refractivity contribution in [3.05, 3.63) is 47.5 Å². The molecule has 2 aromatic rings. The smallest absolute Gasteiger partial charge is 0.194 e. The van der Waals surface area contributed by atoms with E-state index in [2.05, 4.69) is 9.97 Å².